The number of carbonyl (C=O) groups is 1. The van der Waals surface area contributed by atoms with E-state index in [-0.39, 0.29) is 29.5 Å². The second-order valence-electron chi connectivity index (χ2n) is 5.52. The third-order valence-electron chi connectivity index (χ3n) is 3.58. The first-order valence-electron chi connectivity index (χ1n) is 7.41. The molecule has 0 aliphatic heterocycles. The summed E-state index contributed by atoms with van der Waals surface area (Å²) in [6, 6.07) is 7.99. The second-order valence-corrected chi connectivity index (χ2v) is 7.60. The summed E-state index contributed by atoms with van der Waals surface area (Å²) in [6.45, 7) is 1.36. The van der Waals surface area contributed by atoms with Crippen LogP contribution < -0.4 is 4.74 Å². The van der Waals surface area contributed by atoms with Gasteiger partial charge in [-0.3, -0.25) is 14.9 Å². The number of nitro groups is 1. The fourth-order valence-electron chi connectivity index (χ4n) is 2.20. The van der Waals surface area contributed by atoms with Crippen LogP contribution in [0, 0.1) is 10.1 Å². The van der Waals surface area contributed by atoms with Gasteiger partial charge in [-0.15, -0.1) is 0 Å². The molecule has 2 rings (SSSR count). The number of rotatable bonds is 7. The van der Waals surface area contributed by atoms with Crippen molar-refractivity contribution in [3.05, 3.63) is 65.5 Å². The molecule has 0 aliphatic carbocycles. The molecule has 1 N–H and O–H groups in total. The molecule has 6 nitrogen and oxygen atoms in total. The van der Waals surface area contributed by atoms with Crippen LogP contribution in [0.5, 0.6) is 5.75 Å². The van der Waals surface area contributed by atoms with Gasteiger partial charge in [0.05, 0.1) is 13.9 Å². The van der Waals surface area contributed by atoms with Crippen molar-refractivity contribution in [2.24, 2.45) is 0 Å². The zero-order valence-corrected chi connectivity index (χ0v) is 17.5. The Morgan fingerprint density at radius 2 is 1.96 bits per heavy atom. The largest absolute Gasteiger partial charge is 0.486 e. The number of benzene rings is 2. The highest BCUT2D eigenvalue weighted by molar-refractivity contribution is 9.11. The number of Topliss-reactive ketones (excluding diaryl/α,β-unsaturated/α-hetero) is 1. The monoisotopic (exact) mass is 505 g/mol. The van der Waals surface area contributed by atoms with Gasteiger partial charge in [0.2, 0.25) is 0 Å². The van der Waals surface area contributed by atoms with Crippen molar-refractivity contribution in [2.45, 2.75) is 26.1 Å². The second kappa shape index (κ2) is 8.94. The lowest BCUT2D eigenvalue weighted by atomic mass is 10.1. The molecule has 0 spiro atoms. The summed E-state index contributed by atoms with van der Waals surface area (Å²) in [5.74, 6) is 0.173. The SMILES string of the molecule is CC(=O)C(O)Cc1cc(Br)c(OCc2cccc([N+](=O)[O-])c2Cl)c(Br)c1. The Balaban J connectivity index is 2.19. The Morgan fingerprint density at radius 3 is 2.50 bits per heavy atom. The van der Waals surface area contributed by atoms with Gasteiger partial charge < -0.3 is 9.84 Å². The molecule has 9 heteroatoms. The van der Waals surface area contributed by atoms with Crippen LogP contribution >= 0.6 is 43.5 Å². The van der Waals surface area contributed by atoms with Crippen molar-refractivity contribution in [3.63, 3.8) is 0 Å². The minimum atomic E-state index is -1.07. The van der Waals surface area contributed by atoms with E-state index in [9.17, 15) is 20.0 Å². The summed E-state index contributed by atoms with van der Waals surface area (Å²) < 4.78 is 6.97. The minimum absolute atomic E-state index is 0.0333. The van der Waals surface area contributed by atoms with Crippen LogP contribution in [-0.2, 0) is 17.8 Å². The fraction of sp³-hybridized carbons (Fsp3) is 0.235. The van der Waals surface area contributed by atoms with E-state index in [0.717, 1.165) is 5.56 Å². The molecule has 0 aromatic heterocycles. The molecule has 0 saturated carbocycles. The molecule has 0 saturated heterocycles. The van der Waals surface area contributed by atoms with Crippen molar-refractivity contribution in [3.8, 4) is 5.75 Å². The van der Waals surface area contributed by atoms with Crippen molar-refractivity contribution in [2.75, 3.05) is 0 Å². The lowest BCUT2D eigenvalue weighted by Gasteiger charge is -2.14. The molecule has 26 heavy (non-hydrogen) atoms. The summed E-state index contributed by atoms with van der Waals surface area (Å²) in [5, 5.41) is 20.7. The number of nitrogens with zero attached hydrogens (tertiary/aromatic N) is 1. The molecule has 2 aromatic rings. The van der Waals surface area contributed by atoms with Crippen molar-refractivity contribution in [1.29, 1.82) is 0 Å². The third-order valence-corrected chi connectivity index (χ3v) is 5.20. The number of nitro benzene ring substituents is 1. The normalized spacial score (nSPS) is 11.9. The Labute approximate surface area is 171 Å². The zero-order valence-electron chi connectivity index (χ0n) is 13.5. The van der Waals surface area contributed by atoms with Gasteiger partial charge in [0, 0.05) is 18.1 Å². The first kappa shape index (κ1) is 20.8. The van der Waals surface area contributed by atoms with Crippen molar-refractivity contribution < 1.29 is 19.6 Å². The Morgan fingerprint density at radius 1 is 1.35 bits per heavy atom. The van der Waals surface area contributed by atoms with Crippen LogP contribution in [0.1, 0.15) is 18.1 Å². The highest BCUT2D eigenvalue weighted by Gasteiger charge is 2.18. The maximum Gasteiger partial charge on any atom is 0.288 e. The average Bonchev–Trinajstić information content (AvgIpc) is 2.55. The van der Waals surface area contributed by atoms with Crippen LogP contribution in [0.4, 0.5) is 5.69 Å². The van der Waals surface area contributed by atoms with E-state index >= 15 is 0 Å². The molecule has 0 aliphatic rings. The number of aliphatic hydroxyl groups is 1. The molecule has 0 radical (unpaired) electrons. The molecule has 1 unspecified atom stereocenters. The number of ether oxygens (including phenoxy) is 1. The van der Waals surface area contributed by atoms with Gasteiger partial charge in [0.25, 0.3) is 5.69 Å². The van der Waals surface area contributed by atoms with Crippen molar-refractivity contribution in [1.82, 2.24) is 0 Å². The van der Waals surface area contributed by atoms with Crippen LogP contribution in [0.25, 0.3) is 0 Å². The van der Waals surface area contributed by atoms with Crippen LogP contribution in [0.2, 0.25) is 5.02 Å². The summed E-state index contributed by atoms with van der Waals surface area (Å²) in [7, 11) is 0. The van der Waals surface area contributed by atoms with Gasteiger partial charge in [-0.2, -0.15) is 0 Å². The predicted molar refractivity (Wildman–Crippen MR) is 105 cm³/mol. The van der Waals surface area contributed by atoms with E-state index in [2.05, 4.69) is 31.9 Å². The third kappa shape index (κ3) is 5.03. The summed E-state index contributed by atoms with van der Waals surface area (Å²) in [5.41, 5.74) is 1.04. The highest BCUT2D eigenvalue weighted by atomic mass is 79.9. The fourth-order valence-corrected chi connectivity index (χ4v) is 3.96. The quantitative estimate of drug-likeness (QED) is 0.428. The summed E-state index contributed by atoms with van der Waals surface area (Å²) in [4.78, 5) is 21.6. The van der Waals surface area contributed by atoms with E-state index in [1.54, 1.807) is 24.3 Å². The van der Waals surface area contributed by atoms with E-state index < -0.39 is 11.0 Å². The summed E-state index contributed by atoms with van der Waals surface area (Å²) in [6.07, 6.45) is -0.881. The zero-order chi connectivity index (χ0) is 19.4. The maximum atomic E-state index is 11.2. The molecule has 2 aromatic carbocycles. The van der Waals surface area contributed by atoms with Gasteiger partial charge in [-0.25, -0.2) is 0 Å². The molecule has 1 atom stereocenters. The first-order valence-corrected chi connectivity index (χ1v) is 9.38. The Bertz CT molecular complexity index is 836. The van der Waals surface area contributed by atoms with Crippen LogP contribution in [-0.4, -0.2) is 21.9 Å². The lowest BCUT2D eigenvalue weighted by Crippen LogP contribution is -2.19. The number of hydrogen-bond donors (Lipinski definition) is 1. The Kier molecular flexibility index (Phi) is 7.16. The number of hydrogen-bond acceptors (Lipinski definition) is 5. The minimum Gasteiger partial charge on any atom is -0.486 e. The standard InChI is InChI=1S/C17H14Br2ClNO5/c1-9(22)15(23)7-10-5-12(18)17(13(19)6-10)26-8-11-3-2-4-14(16(11)20)21(24)25/h2-6,15,23H,7-8H2,1H3. The van der Waals surface area contributed by atoms with E-state index in [0.29, 0.717) is 20.3 Å². The molecule has 0 bridgehead atoms. The number of ketones is 1. The molecule has 0 amide bonds. The Hall–Kier alpha value is -1.48. The van der Waals surface area contributed by atoms with Gasteiger partial charge in [-0.05, 0) is 56.5 Å². The highest BCUT2D eigenvalue weighted by Crippen LogP contribution is 2.36. The van der Waals surface area contributed by atoms with Gasteiger partial charge in [-0.1, -0.05) is 23.7 Å². The number of aliphatic hydroxyl groups excluding tert-OH is 1. The van der Waals surface area contributed by atoms with E-state index in [1.165, 1.54) is 13.0 Å². The summed E-state index contributed by atoms with van der Waals surface area (Å²) >= 11 is 12.8. The number of carbonyl (C=O) groups excluding carboxylic acids is 1. The topological polar surface area (TPSA) is 89.7 Å². The molecule has 0 heterocycles. The first-order chi connectivity index (χ1) is 12.2. The molecular formula is C17H14Br2ClNO5. The van der Waals surface area contributed by atoms with Gasteiger partial charge >= 0.3 is 0 Å². The van der Waals surface area contributed by atoms with Crippen LogP contribution in [0.3, 0.4) is 0 Å². The van der Waals surface area contributed by atoms with Crippen LogP contribution in [0.15, 0.2) is 39.3 Å². The van der Waals surface area contributed by atoms with E-state index in [1.807, 2.05) is 0 Å². The molecular weight excluding hydrogens is 493 g/mol. The van der Waals surface area contributed by atoms with E-state index in [4.69, 9.17) is 16.3 Å². The maximum absolute atomic E-state index is 11.2. The predicted octanol–water partition coefficient (Wildman–Crippen LogP) is 4.84. The van der Waals surface area contributed by atoms with Gasteiger partial charge in [0.1, 0.15) is 23.5 Å². The van der Waals surface area contributed by atoms with Gasteiger partial charge in [0.15, 0.2) is 5.78 Å². The average molecular weight is 508 g/mol. The molecule has 138 valence electrons. The molecule has 0 fully saturated rings. The number of halogens is 3. The van der Waals surface area contributed by atoms with Crippen molar-refractivity contribution >= 4 is 54.9 Å². The lowest BCUT2D eigenvalue weighted by molar-refractivity contribution is -0.384. The smallest absolute Gasteiger partial charge is 0.288 e.